The van der Waals surface area contributed by atoms with Crippen LogP contribution in [0.5, 0.6) is 0 Å². The number of likely N-dealkylation sites (N-methyl/N-ethyl adjacent to an activating group) is 1. The summed E-state index contributed by atoms with van der Waals surface area (Å²) < 4.78 is 1.33. The Balaban J connectivity index is 2.19. The fourth-order valence-corrected chi connectivity index (χ4v) is 3.67. The summed E-state index contributed by atoms with van der Waals surface area (Å²) in [5.74, 6) is -0.259. The summed E-state index contributed by atoms with van der Waals surface area (Å²) in [7, 11) is 1.58. The standard InChI is InChI=1S/C17H26N6O3S/c1-5-7-8-23-14(18)13(15(25)21-17(23)26)22(4)9-12(24)20-16-19-11(6-2)10(3)27-16/h5-9,18H2,1-4H3,(H,19,20,24)(H,21,25,26). The Labute approximate surface area is 161 Å². The number of unbranched alkanes of at least 4 members (excludes halogenated alkanes) is 1. The van der Waals surface area contributed by atoms with E-state index in [4.69, 9.17) is 5.73 Å². The summed E-state index contributed by atoms with van der Waals surface area (Å²) >= 11 is 1.41. The van der Waals surface area contributed by atoms with Crippen molar-refractivity contribution in [1.82, 2.24) is 14.5 Å². The van der Waals surface area contributed by atoms with Gasteiger partial charge in [-0.3, -0.25) is 19.1 Å². The van der Waals surface area contributed by atoms with Gasteiger partial charge in [-0.2, -0.15) is 0 Å². The number of hydrogen-bond donors (Lipinski definition) is 3. The lowest BCUT2D eigenvalue weighted by molar-refractivity contribution is -0.114. The average molecular weight is 395 g/mol. The van der Waals surface area contributed by atoms with Gasteiger partial charge in [-0.15, -0.1) is 11.3 Å². The Morgan fingerprint density at radius 2 is 2.07 bits per heavy atom. The third-order valence-corrected chi connectivity index (χ3v) is 5.11. The van der Waals surface area contributed by atoms with Crippen LogP contribution in [0.4, 0.5) is 16.6 Å². The van der Waals surface area contributed by atoms with E-state index >= 15 is 0 Å². The molecule has 148 valence electrons. The lowest BCUT2D eigenvalue weighted by Crippen LogP contribution is -2.39. The molecule has 2 rings (SSSR count). The molecule has 0 unspecified atom stereocenters. The predicted molar refractivity (Wildman–Crippen MR) is 109 cm³/mol. The zero-order chi connectivity index (χ0) is 20.1. The van der Waals surface area contributed by atoms with Gasteiger partial charge < -0.3 is 16.0 Å². The molecule has 0 aliphatic carbocycles. The largest absolute Gasteiger partial charge is 0.383 e. The van der Waals surface area contributed by atoms with Crippen LogP contribution >= 0.6 is 11.3 Å². The number of hydrogen-bond acceptors (Lipinski definition) is 7. The van der Waals surface area contributed by atoms with E-state index in [1.807, 2.05) is 20.8 Å². The molecule has 27 heavy (non-hydrogen) atoms. The number of nitrogen functional groups attached to an aromatic ring is 1. The first kappa shape index (κ1) is 20.7. The van der Waals surface area contributed by atoms with E-state index in [-0.39, 0.29) is 24.0 Å². The molecule has 2 aromatic heterocycles. The van der Waals surface area contributed by atoms with Crippen molar-refractivity contribution in [1.29, 1.82) is 0 Å². The van der Waals surface area contributed by atoms with Gasteiger partial charge in [0.15, 0.2) is 5.13 Å². The van der Waals surface area contributed by atoms with Crippen LogP contribution in [0.1, 0.15) is 37.3 Å². The first-order chi connectivity index (χ1) is 12.8. The Morgan fingerprint density at radius 1 is 1.37 bits per heavy atom. The van der Waals surface area contributed by atoms with Crippen LogP contribution in [0, 0.1) is 6.92 Å². The van der Waals surface area contributed by atoms with Crippen LogP contribution in [-0.4, -0.2) is 34.0 Å². The maximum absolute atomic E-state index is 12.3. The first-order valence-corrected chi connectivity index (χ1v) is 9.69. The number of amides is 1. The second-order valence-corrected chi connectivity index (χ2v) is 7.48. The van der Waals surface area contributed by atoms with Gasteiger partial charge in [-0.25, -0.2) is 9.78 Å². The normalized spacial score (nSPS) is 10.8. The Hall–Kier alpha value is -2.62. The van der Waals surface area contributed by atoms with Crippen LogP contribution in [0.15, 0.2) is 9.59 Å². The molecule has 0 aliphatic heterocycles. The molecule has 0 atom stereocenters. The number of nitrogens with one attached hydrogen (secondary N) is 2. The van der Waals surface area contributed by atoms with Gasteiger partial charge in [-0.1, -0.05) is 20.3 Å². The van der Waals surface area contributed by atoms with Crippen LogP contribution in [0.25, 0.3) is 0 Å². The molecule has 1 amide bonds. The Morgan fingerprint density at radius 3 is 2.67 bits per heavy atom. The van der Waals surface area contributed by atoms with Gasteiger partial charge >= 0.3 is 5.69 Å². The van der Waals surface area contributed by atoms with Crippen molar-refractivity contribution in [2.24, 2.45) is 0 Å². The number of carbonyl (C=O) groups excluding carboxylic acids is 1. The number of aromatic nitrogens is 3. The zero-order valence-corrected chi connectivity index (χ0v) is 16.9. The van der Waals surface area contributed by atoms with Gasteiger partial charge in [-0.05, 0) is 19.8 Å². The monoisotopic (exact) mass is 394 g/mol. The molecule has 0 fully saturated rings. The Kier molecular flexibility index (Phi) is 6.78. The minimum atomic E-state index is -0.612. The molecule has 0 saturated carbocycles. The highest BCUT2D eigenvalue weighted by atomic mass is 32.1. The van der Waals surface area contributed by atoms with Crippen molar-refractivity contribution >= 4 is 33.9 Å². The number of H-pyrrole nitrogens is 1. The fourth-order valence-electron chi connectivity index (χ4n) is 2.75. The highest BCUT2D eigenvalue weighted by Crippen LogP contribution is 2.22. The molecule has 0 aliphatic rings. The van der Waals surface area contributed by atoms with Crippen LogP contribution in [0.3, 0.4) is 0 Å². The van der Waals surface area contributed by atoms with Crippen molar-refractivity contribution < 1.29 is 4.79 Å². The predicted octanol–water partition coefficient (Wildman–Crippen LogP) is 1.32. The topological polar surface area (TPSA) is 126 Å². The molecule has 2 heterocycles. The van der Waals surface area contributed by atoms with Crippen LogP contribution in [0.2, 0.25) is 0 Å². The Bertz CT molecular complexity index is 930. The zero-order valence-electron chi connectivity index (χ0n) is 16.1. The SMILES string of the molecule is CCCCn1c(N)c(N(C)CC(=O)Nc2nc(CC)c(C)s2)c(=O)[nH]c1=O. The highest BCUT2D eigenvalue weighted by molar-refractivity contribution is 7.15. The number of anilines is 3. The second-order valence-electron chi connectivity index (χ2n) is 6.28. The smallest absolute Gasteiger partial charge is 0.330 e. The molecule has 0 bridgehead atoms. The molecule has 9 nitrogen and oxygen atoms in total. The van der Waals surface area contributed by atoms with E-state index < -0.39 is 11.2 Å². The summed E-state index contributed by atoms with van der Waals surface area (Å²) in [6, 6.07) is 0. The summed E-state index contributed by atoms with van der Waals surface area (Å²) in [4.78, 5) is 45.7. The van der Waals surface area contributed by atoms with Gasteiger partial charge in [0.05, 0.1) is 12.2 Å². The first-order valence-electron chi connectivity index (χ1n) is 8.88. The minimum absolute atomic E-state index is 0.0610. The number of nitrogens with two attached hydrogens (primary N) is 1. The lowest BCUT2D eigenvalue weighted by Gasteiger charge is -2.21. The van der Waals surface area contributed by atoms with Gasteiger partial charge in [0, 0.05) is 18.5 Å². The third kappa shape index (κ3) is 4.76. The molecule has 4 N–H and O–H groups in total. The van der Waals surface area contributed by atoms with Gasteiger partial charge in [0.25, 0.3) is 5.56 Å². The minimum Gasteiger partial charge on any atom is -0.383 e. The van der Waals surface area contributed by atoms with E-state index in [9.17, 15) is 14.4 Å². The molecule has 0 spiro atoms. The molecular formula is C17H26N6O3S. The molecule has 2 aromatic rings. The summed E-state index contributed by atoms with van der Waals surface area (Å²) in [6.45, 7) is 6.26. The van der Waals surface area contributed by atoms with Crippen LogP contribution in [-0.2, 0) is 17.8 Å². The molecule has 0 saturated heterocycles. The van der Waals surface area contributed by atoms with Gasteiger partial charge in [0.1, 0.15) is 11.5 Å². The number of aryl methyl sites for hydroxylation is 2. The molecular weight excluding hydrogens is 368 g/mol. The summed E-state index contributed by atoms with van der Waals surface area (Å²) in [5, 5.41) is 3.27. The van der Waals surface area contributed by atoms with Crippen molar-refractivity contribution in [2.45, 2.75) is 46.6 Å². The quantitative estimate of drug-likeness (QED) is 0.620. The molecule has 0 radical (unpaired) electrons. The van der Waals surface area contributed by atoms with E-state index in [1.54, 1.807) is 7.05 Å². The summed E-state index contributed by atoms with van der Waals surface area (Å²) in [6.07, 6.45) is 2.43. The number of nitrogens with zero attached hydrogens (tertiary/aromatic N) is 3. The fraction of sp³-hybridized carbons (Fsp3) is 0.529. The molecule has 0 aromatic carbocycles. The average Bonchev–Trinajstić information content (AvgIpc) is 2.93. The lowest BCUT2D eigenvalue weighted by atomic mass is 10.3. The van der Waals surface area contributed by atoms with E-state index in [0.29, 0.717) is 11.7 Å². The van der Waals surface area contributed by atoms with Crippen molar-refractivity contribution in [3.05, 3.63) is 31.4 Å². The van der Waals surface area contributed by atoms with Crippen molar-refractivity contribution in [2.75, 3.05) is 29.5 Å². The number of thiazole rings is 1. The van der Waals surface area contributed by atoms with E-state index in [1.165, 1.54) is 20.8 Å². The third-order valence-electron chi connectivity index (χ3n) is 4.19. The van der Waals surface area contributed by atoms with Crippen LogP contribution < -0.4 is 27.2 Å². The summed E-state index contributed by atoms with van der Waals surface area (Å²) in [5.41, 5.74) is 5.95. The number of rotatable bonds is 8. The second kappa shape index (κ2) is 8.85. The van der Waals surface area contributed by atoms with Gasteiger partial charge in [0.2, 0.25) is 5.91 Å². The number of carbonyl (C=O) groups is 1. The highest BCUT2D eigenvalue weighted by Gasteiger charge is 2.19. The van der Waals surface area contributed by atoms with Crippen molar-refractivity contribution in [3.8, 4) is 0 Å². The number of aromatic amines is 1. The van der Waals surface area contributed by atoms with Crippen molar-refractivity contribution in [3.63, 3.8) is 0 Å². The van der Waals surface area contributed by atoms with E-state index in [2.05, 4.69) is 15.3 Å². The molecule has 10 heteroatoms. The van der Waals surface area contributed by atoms with E-state index in [0.717, 1.165) is 29.8 Å². The maximum Gasteiger partial charge on any atom is 0.330 e. The maximum atomic E-state index is 12.3.